The van der Waals surface area contributed by atoms with Crippen LogP contribution in [0.25, 0.3) is 98.8 Å². The maximum Gasteiger partial charge on any atom is 0.180 e. The summed E-state index contributed by atoms with van der Waals surface area (Å²) in [5.41, 5.74) is 9.93. The smallest absolute Gasteiger partial charge is 0.180 e. The number of para-hydroxylation sites is 1. The van der Waals surface area contributed by atoms with Gasteiger partial charge in [-0.3, -0.25) is 0 Å². The van der Waals surface area contributed by atoms with Crippen molar-refractivity contribution in [2.75, 3.05) is 0 Å². The Morgan fingerprint density at radius 1 is 0.440 bits per heavy atom. The van der Waals surface area contributed by atoms with E-state index in [0.717, 1.165) is 66.1 Å². The van der Waals surface area contributed by atoms with Crippen LogP contribution in [0.3, 0.4) is 0 Å². The lowest BCUT2D eigenvalue weighted by molar-refractivity contribution is 0.667. The molecule has 4 aromatic heterocycles. The highest BCUT2D eigenvalue weighted by Crippen LogP contribution is 2.42. The van der Waals surface area contributed by atoms with Crippen molar-refractivity contribution in [2.45, 2.75) is 0 Å². The van der Waals surface area contributed by atoms with E-state index in [1.54, 1.807) is 11.3 Å². The lowest BCUT2D eigenvalue weighted by atomic mass is 10.0. The highest BCUT2D eigenvalue weighted by Gasteiger charge is 2.20. The standard InChI is InChI=1S/C44H26N4OS/c1-4-13-27(14-5-1)35-26-36(46-43(45-35)29-17-8-3-9-18-29)30-23-24-31-32-20-12-21-34(42(32)50-38(31)25-30)44-47-39(28-15-6-2-7-16-28)41-40(48-44)33-19-10-11-22-37(33)49-41/h1-26H. The van der Waals surface area contributed by atoms with E-state index in [9.17, 15) is 0 Å². The molecule has 6 heteroatoms. The fourth-order valence-corrected chi connectivity index (χ4v) is 7.96. The molecule has 4 heterocycles. The quantitative estimate of drug-likeness (QED) is 0.184. The number of fused-ring (bicyclic) bond motifs is 6. The maximum absolute atomic E-state index is 6.36. The Morgan fingerprint density at radius 3 is 1.88 bits per heavy atom. The number of benzene rings is 6. The zero-order valence-electron chi connectivity index (χ0n) is 26.6. The Balaban J connectivity index is 1.15. The molecule has 0 aliphatic carbocycles. The molecule has 0 saturated carbocycles. The number of rotatable bonds is 5. The van der Waals surface area contributed by atoms with Crippen molar-refractivity contribution >= 4 is 53.6 Å². The molecule has 0 atom stereocenters. The van der Waals surface area contributed by atoms with Gasteiger partial charge in [-0.1, -0.05) is 127 Å². The predicted octanol–water partition coefficient (Wildman–Crippen LogP) is 11.9. The highest BCUT2D eigenvalue weighted by atomic mass is 32.1. The molecule has 5 nitrogen and oxygen atoms in total. The molecule has 0 spiro atoms. The second-order valence-corrected chi connectivity index (χ2v) is 13.3. The Hall–Kier alpha value is -6.50. The lowest BCUT2D eigenvalue weighted by Gasteiger charge is -2.09. The summed E-state index contributed by atoms with van der Waals surface area (Å²) in [4.78, 5) is 20.4. The van der Waals surface area contributed by atoms with Crippen LogP contribution in [0.5, 0.6) is 0 Å². The molecule has 0 aliphatic heterocycles. The van der Waals surface area contributed by atoms with Crippen LogP contribution in [0.15, 0.2) is 162 Å². The predicted molar refractivity (Wildman–Crippen MR) is 205 cm³/mol. The summed E-state index contributed by atoms with van der Waals surface area (Å²) in [7, 11) is 0. The number of hydrogen-bond donors (Lipinski definition) is 0. The van der Waals surface area contributed by atoms with Crippen LogP contribution in [-0.4, -0.2) is 19.9 Å². The van der Waals surface area contributed by atoms with E-state index in [-0.39, 0.29) is 0 Å². The minimum Gasteiger partial charge on any atom is -0.452 e. The number of furan rings is 1. The normalized spacial score (nSPS) is 11.6. The Kier molecular flexibility index (Phi) is 6.60. The topological polar surface area (TPSA) is 64.7 Å². The van der Waals surface area contributed by atoms with Gasteiger partial charge in [-0.25, -0.2) is 19.9 Å². The molecule has 10 rings (SSSR count). The van der Waals surface area contributed by atoms with Crippen LogP contribution in [0.2, 0.25) is 0 Å². The van der Waals surface area contributed by atoms with E-state index in [0.29, 0.717) is 17.2 Å². The Bertz CT molecular complexity index is 2810. The zero-order chi connectivity index (χ0) is 33.0. The largest absolute Gasteiger partial charge is 0.452 e. The van der Waals surface area contributed by atoms with Gasteiger partial charge in [0.2, 0.25) is 0 Å². The van der Waals surface area contributed by atoms with Crippen molar-refractivity contribution in [2.24, 2.45) is 0 Å². The molecule has 0 fully saturated rings. The zero-order valence-corrected chi connectivity index (χ0v) is 27.4. The van der Waals surface area contributed by atoms with E-state index in [1.807, 2.05) is 72.8 Å². The highest BCUT2D eigenvalue weighted by molar-refractivity contribution is 7.26. The summed E-state index contributed by atoms with van der Waals surface area (Å²) in [5, 5.41) is 3.34. The van der Waals surface area contributed by atoms with Crippen molar-refractivity contribution < 1.29 is 4.42 Å². The number of aromatic nitrogens is 4. The molecule has 0 saturated heterocycles. The minimum atomic E-state index is 0.677. The summed E-state index contributed by atoms with van der Waals surface area (Å²) in [6, 6.07) is 53.8. The first kappa shape index (κ1) is 28.5. The van der Waals surface area contributed by atoms with Crippen LogP contribution in [-0.2, 0) is 0 Å². The summed E-state index contributed by atoms with van der Waals surface area (Å²) in [5.74, 6) is 1.38. The first-order chi connectivity index (χ1) is 24.8. The maximum atomic E-state index is 6.36. The number of nitrogens with zero attached hydrogens (tertiary/aromatic N) is 4. The van der Waals surface area contributed by atoms with Gasteiger partial charge in [0.05, 0.1) is 11.4 Å². The molecule has 6 aromatic carbocycles. The van der Waals surface area contributed by atoms with Gasteiger partial charge in [-0.15, -0.1) is 11.3 Å². The summed E-state index contributed by atoms with van der Waals surface area (Å²) in [6.45, 7) is 0. The summed E-state index contributed by atoms with van der Waals surface area (Å²) >= 11 is 1.76. The van der Waals surface area contributed by atoms with E-state index in [4.69, 9.17) is 24.4 Å². The third-order valence-corrected chi connectivity index (χ3v) is 10.3. The first-order valence-electron chi connectivity index (χ1n) is 16.5. The van der Waals surface area contributed by atoms with Gasteiger partial charge in [0.25, 0.3) is 0 Å². The van der Waals surface area contributed by atoms with Crippen LogP contribution >= 0.6 is 11.3 Å². The number of hydrogen-bond acceptors (Lipinski definition) is 6. The Morgan fingerprint density at radius 2 is 1.10 bits per heavy atom. The minimum absolute atomic E-state index is 0.677. The fraction of sp³-hybridized carbons (Fsp3) is 0. The van der Waals surface area contributed by atoms with Gasteiger partial charge in [-0.2, -0.15) is 0 Å². The van der Waals surface area contributed by atoms with Crippen molar-refractivity contribution in [1.29, 1.82) is 0 Å². The van der Waals surface area contributed by atoms with E-state index >= 15 is 0 Å². The van der Waals surface area contributed by atoms with Gasteiger partial charge in [0, 0.05) is 53.4 Å². The van der Waals surface area contributed by atoms with Gasteiger partial charge in [0.1, 0.15) is 16.8 Å². The fourth-order valence-electron chi connectivity index (χ4n) is 6.71. The van der Waals surface area contributed by atoms with E-state index in [2.05, 4.69) is 84.9 Å². The second-order valence-electron chi connectivity index (χ2n) is 12.2. The molecular weight excluding hydrogens is 633 g/mol. The van der Waals surface area contributed by atoms with Crippen molar-refractivity contribution in [3.8, 4) is 56.5 Å². The summed E-state index contributed by atoms with van der Waals surface area (Å²) < 4.78 is 8.67. The van der Waals surface area contributed by atoms with Gasteiger partial charge in [-0.05, 0) is 30.3 Å². The van der Waals surface area contributed by atoms with Crippen molar-refractivity contribution in [1.82, 2.24) is 19.9 Å². The molecule has 0 bridgehead atoms. The molecule has 50 heavy (non-hydrogen) atoms. The van der Waals surface area contributed by atoms with Gasteiger partial charge >= 0.3 is 0 Å². The number of thiophene rings is 1. The first-order valence-corrected chi connectivity index (χ1v) is 17.3. The molecular formula is C44H26N4OS. The average molecular weight is 659 g/mol. The van der Waals surface area contributed by atoms with Crippen LogP contribution < -0.4 is 0 Å². The molecule has 0 amide bonds. The monoisotopic (exact) mass is 658 g/mol. The third-order valence-electron chi connectivity index (χ3n) is 9.13. The van der Waals surface area contributed by atoms with Crippen LogP contribution in [0.1, 0.15) is 0 Å². The lowest BCUT2D eigenvalue weighted by Crippen LogP contribution is -1.95. The molecule has 0 aliphatic rings. The molecule has 0 unspecified atom stereocenters. The molecule has 0 radical (unpaired) electrons. The second kappa shape index (κ2) is 11.6. The van der Waals surface area contributed by atoms with E-state index in [1.165, 1.54) is 15.5 Å². The third kappa shape index (κ3) is 4.77. The summed E-state index contributed by atoms with van der Waals surface area (Å²) in [6.07, 6.45) is 0. The molecule has 10 aromatic rings. The average Bonchev–Trinajstić information content (AvgIpc) is 3.76. The molecule has 0 N–H and O–H groups in total. The van der Waals surface area contributed by atoms with Gasteiger partial charge < -0.3 is 4.42 Å². The van der Waals surface area contributed by atoms with Crippen molar-refractivity contribution in [3.05, 3.63) is 158 Å². The molecule has 234 valence electrons. The van der Waals surface area contributed by atoms with E-state index < -0.39 is 0 Å². The van der Waals surface area contributed by atoms with Crippen LogP contribution in [0, 0.1) is 0 Å². The van der Waals surface area contributed by atoms with Crippen molar-refractivity contribution in [3.63, 3.8) is 0 Å². The van der Waals surface area contributed by atoms with Gasteiger partial charge in [0.15, 0.2) is 17.2 Å². The Labute approximate surface area is 291 Å². The van der Waals surface area contributed by atoms with Crippen LogP contribution in [0.4, 0.5) is 0 Å². The SMILES string of the molecule is c1ccc(-c2cc(-c3ccc4c(c3)sc3c(-c5nc(-c6ccccc6)c6oc7ccccc7c6n5)cccc34)nc(-c3ccccc3)n2)cc1.